The van der Waals surface area contributed by atoms with Gasteiger partial charge in [-0.15, -0.1) is 11.3 Å². The lowest BCUT2D eigenvalue weighted by molar-refractivity contribution is 0.794. The Bertz CT molecular complexity index is 3240. The van der Waals surface area contributed by atoms with E-state index in [-0.39, 0.29) is 6.71 Å². The quantitative estimate of drug-likeness (QED) is 0.162. The molecule has 3 heterocycles. The van der Waals surface area contributed by atoms with Crippen LogP contribution in [0.1, 0.15) is 44.5 Å². The Morgan fingerprint density at radius 1 is 0.441 bits per heavy atom. The van der Waals surface area contributed by atoms with Crippen molar-refractivity contribution >= 4 is 78.0 Å². The molecule has 0 fully saturated rings. The predicted octanol–water partition coefficient (Wildman–Crippen LogP) is 12.6. The number of benzene rings is 8. The summed E-state index contributed by atoms with van der Waals surface area (Å²) in [5.74, 6) is 0. The van der Waals surface area contributed by atoms with Crippen molar-refractivity contribution in [1.29, 1.82) is 0 Å². The van der Waals surface area contributed by atoms with Crippen molar-refractivity contribution < 1.29 is 0 Å². The summed E-state index contributed by atoms with van der Waals surface area (Å²) in [6.07, 6.45) is 0. The van der Waals surface area contributed by atoms with E-state index in [9.17, 15) is 0 Å². The topological polar surface area (TPSA) is 6.48 Å². The van der Waals surface area contributed by atoms with Crippen molar-refractivity contribution in [2.24, 2.45) is 0 Å². The van der Waals surface area contributed by atoms with Gasteiger partial charge in [0, 0.05) is 43.3 Å². The van der Waals surface area contributed by atoms with E-state index >= 15 is 0 Å². The molecular weight excluding hydrogens is 731 g/mol. The van der Waals surface area contributed by atoms with Gasteiger partial charge in [-0.2, -0.15) is 0 Å². The summed E-state index contributed by atoms with van der Waals surface area (Å²) in [6.45, 7) is 8.94. The lowest BCUT2D eigenvalue weighted by Gasteiger charge is -2.43. The molecule has 13 rings (SSSR count). The Kier molecular flexibility index (Phi) is 6.64. The van der Waals surface area contributed by atoms with Crippen LogP contribution in [0.3, 0.4) is 0 Å². The van der Waals surface area contributed by atoms with Crippen molar-refractivity contribution in [3.63, 3.8) is 0 Å². The SMILES string of the molecule is Cc1ccc(N2c3ccccc3B3c4sc5cc6c(cc5c4N(c4ccc(C)cc4)c4cc(C)cc2c43)C2(c3ccccc3-c3ccccc32)c2cc(C)ccc2-6)cc1. The third kappa shape index (κ3) is 4.27. The molecule has 0 saturated heterocycles. The van der Waals surface area contributed by atoms with Gasteiger partial charge in [0.15, 0.2) is 0 Å². The number of rotatable bonds is 2. The molecule has 0 bridgehead atoms. The summed E-state index contributed by atoms with van der Waals surface area (Å²) in [7, 11) is 0. The van der Waals surface area contributed by atoms with Crippen molar-refractivity contribution in [2.75, 3.05) is 9.80 Å². The van der Waals surface area contributed by atoms with Crippen LogP contribution in [0.2, 0.25) is 0 Å². The fourth-order valence-electron chi connectivity index (χ4n) is 11.2. The lowest BCUT2D eigenvalue weighted by Crippen LogP contribution is -2.60. The van der Waals surface area contributed by atoms with Gasteiger partial charge in [-0.05, 0) is 143 Å². The molecule has 9 aromatic rings. The minimum absolute atomic E-state index is 0.0827. The number of anilines is 6. The normalized spacial score (nSPS) is 14.5. The van der Waals surface area contributed by atoms with Crippen molar-refractivity contribution in [2.45, 2.75) is 33.1 Å². The second-order valence-electron chi connectivity index (χ2n) is 17.1. The smallest absolute Gasteiger partial charge is 0.264 e. The molecule has 1 spiro atoms. The zero-order valence-electron chi connectivity index (χ0n) is 33.5. The van der Waals surface area contributed by atoms with Gasteiger partial charge in [0.2, 0.25) is 0 Å². The summed E-state index contributed by atoms with van der Waals surface area (Å²) in [4.78, 5) is 5.12. The van der Waals surface area contributed by atoms with Gasteiger partial charge in [0.1, 0.15) is 0 Å². The van der Waals surface area contributed by atoms with Crippen molar-refractivity contribution in [3.8, 4) is 22.3 Å². The molecule has 4 aliphatic rings. The Morgan fingerprint density at radius 3 is 1.69 bits per heavy atom. The molecule has 1 aromatic heterocycles. The molecular formula is C55H39BN2S. The predicted molar refractivity (Wildman–Crippen MR) is 251 cm³/mol. The van der Waals surface area contributed by atoms with E-state index in [4.69, 9.17) is 0 Å². The Balaban J connectivity index is 1.16. The Morgan fingerprint density at radius 2 is 1.00 bits per heavy atom. The van der Waals surface area contributed by atoms with E-state index in [1.807, 2.05) is 11.3 Å². The molecule has 2 nitrogen and oxygen atoms in total. The first-order valence-corrected chi connectivity index (χ1v) is 21.6. The van der Waals surface area contributed by atoms with Crippen LogP contribution in [-0.4, -0.2) is 6.71 Å². The maximum Gasteiger partial charge on any atom is 0.264 e. The molecule has 2 aliphatic heterocycles. The molecule has 0 N–H and O–H groups in total. The average Bonchev–Trinajstić information content (AvgIpc) is 3.87. The van der Waals surface area contributed by atoms with Gasteiger partial charge in [-0.25, -0.2) is 0 Å². The van der Waals surface area contributed by atoms with Crippen molar-refractivity contribution in [3.05, 3.63) is 208 Å². The fourth-order valence-corrected chi connectivity index (χ4v) is 12.6. The molecule has 2 aliphatic carbocycles. The highest BCUT2D eigenvalue weighted by Gasteiger charge is 2.53. The van der Waals surface area contributed by atoms with Gasteiger partial charge in [0.25, 0.3) is 6.71 Å². The van der Waals surface area contributed by atoms with Crippen molar-refractivity contribution in [1.82, 2.24) is 0 Å². The third-order valence-electron chi connectivity index (χ3n) is 13.7. The number of fused-ring (bicyclic) bond motifs is 16. The van der Waals surface area contributed by atoms with Crippen LogP contribution in [0, 0.1) is 27.7 Å². The fraction of sp³-hybridized carbons (Fsp3) is 0.0909. The van der Waals surface area contributed by atoms with Gasteiger partial charge >= 0.3 is 0 Å². The third-order valence-corrected chi connectivity index (χ3v) is 14.9. The average molecular weight is 771 g/mol. The number of nitrogens with zero attached hydrogens (tertiary/aromatic N) is 2. The Hall–Kier alpha value is -6.62. The van der Waals surface area contributed by atoms with Crippen LogP contribution in [-0.2, 0) is 5.41 Å². The first-order valence-electron chi connectivity index (χ1n) is 20.8. The van der Waals surface area contributed by atoms with Crippen LogP contribution < -0.4 is 25.5 Å². The van der Waals surface area contributed by atoms with E-state index in [0.717, 1.165) is 0 Å². The number of hydrogen-bond acceptors (Lipinski definition) is 3. The summed E-state index contributed by atoms with van der Waals surface area (Å²) in [6, 6.07) is 62.9. The van der Waals surface area contributed by atoms with Crippen LogP contribution in [0.4, 0.5) is 34.1 Å². The molecule has 4 heteroatoms. The second kappa shape index (κ2) is 11.7. The number of aryl methyl sites for hydroxylation is 4. The standard InChI is InChI=1S/C55H39BN2S/c1-32-17-22-36(23-18-32)57-48-16-10-9-15-47(48)56-52-49(57)28-35(4)29-50(52)58(37-24-19-33(2)20-25-37)53-42-30-46-41(31-51(42)59-54(53)56)40-26-21-34(3)27-45(40)55(46)43-13-7-5-11-38(43)39-12-6-8-14-44(39)55/h5-31H,1-4H3. The maximum atomic E-state index is 2.62. The van der Waals surface area contributed by atoms with Gasteiger partial charge in [-0.1, -0.05) is 126 Å². The van der Waals surface area contributed by atoms with Crippen LogP contribution in [0.5, 0.6) is 0 Å². The molecule has 59 heavy (non-hydrogen) atoms. The molecule has 278 valence electrons. The van der Waals surface area contributed by atoms with Crippen LogP contribution >= 0.6 is 11.3 Å². The van der Waals surface area contributed by atoms with Gasteiger partial charge in [-0.3, -0.25) is 0 Å². The summed E-state index contributed by atoms with van der Waals surface area (Å²) in [5, 5.41) is 1.32. The molecule has 8 aromatic carbocycles. The largest absolute Gasteiger partial charge is 0.311 e. The Labute approximate surface area is 349 Å². The number of para-hydroxylation sites is 1. The molecule has 0 unspecified atom stereocenters. The highest BCUT2D eigenvalue weighted by atomic mass is 32.1. The molecule has 0 atom stereocenters. The number of hydrogen-bond donors (Lipinski definition) is 0. The van der Waals surface area contributed by atoms with E-state index in [0.29, 0.717) is 0 Å². The maximum absolute atomic E-state index is 2.62. The van der Waals surface area contributed by atoms with E-state index in [1.165, 1.54) is 127 Å². The summed E-state index contributed by atoms with van der Waals surface area (Å²) < 4.78 is 2.74. The van der Waals surface area contributed by atoms with Crippen LogP contribution in [0.25, 0.3) is 32.3 Å². The highest BCUT2D eigenvalue weighted by Crippen LogP contribution is 2.64. The first kappa shape index (κ1) is 33.4. The summed E-state index contributed by atoms with van der Waals surface area (Å²) >= 11 is 1.99. The van der Waals surface area contributed by atoms with E-state index in [1.54, 1.807) is 0 Å². The van der Waals surface area contributed by atoms with E-state index < -0.39 is 5.41 Å². The minimum atomic E-state index is -0.413. The number of thiophene rings is 1. The summed E-state index contributed by atoms with van der Waals surface area (Å²) in [5.41, 5.74) is 25.8. The van der Waals surface area contributed by atoms with Crippen LogP contribution in [0.15, 0.2) is 164 Å². The molecule has 0 radical (unpaired) electrons. The van der Waals surface area contributed by atoms with E-state index in [2.05, 4.69) is 201 Å². The highest BCUT2D eigenvalue weighted by molar-refractivity contribution is 7.33. The molecule has 0 amide bonds. The monoisotopic (exact) mass is 770 g/mol. The second-order valence-corrected chi connectivity index (χ2v) is 18.2. The molecule has 0 saturated carbocycles. The zero-order valence-corrected chi connectivity index (χ0v) is 34.3. The van der Waals surface area contributed by atoms with Gasteiger partial charge < -0.3 is 9.80 Å². The minimum Gasteiger partial charge on any atom is -0.311 e. The van der Waals surface area contributed by atoms with Gasteiger partial charge in [0.05, 0.1) is 11.1 Å². The first-order chi connectivity index (χ1) is 28.9. The zero-order chi connectivity index (χ0) is 39.3. The lowest BCUT2D eigenvalue weighted by atomic mass is 9.36.